The van der Waals surface area contributed by atoms with E-state index in [1.807, 2.05) is 0 Å². The van der Waals surface area contributed by atoms with Crippen LogP contribution >= 0.6 is 0 Å². The second-order valence-electron chi connectivity index (χ2n) is 3.74. The minimum absolute atomic E-state index is 0.112. The molecule has 0 spiro atoms. The van der Waals surface area contributed by atoms with E-state index >= 15 is 0 Å². The first-order chi connectivity index (χ1) is 9.15. The minimum Gasteiger partial charge on any atom is -0.497 e. The molecule has 0 heterocycles. The van der Waals surface area contributed by atoms with E-state index in [4.69, 9.17) is 10.00 Å². The van der Waals surface area contributed by atoms with Gasteiger partial charge in [0.1, 0.15) is 29.0 Å². The average molecular weight is 260 g/mol. The van der Waals surface area contributed by atoms with Crippen molar-refractivity contribution in [3.63, 3.8) is 0 Å². The standard InChI is InChI=1S/C14H10F2N2O/c1-19-9-5-6-12(16)14(7-9)18-13-4-2-3-11(15)10(13)8-17/h2-7,18H,1H3. The lowest BCUT2D eigenvalue weighted by Gasteiger charge is -2.10. The molecular weight excluding hydrogens is 250 g/mol. The Morgan fingerprint density at radius 1 is 1.11 bits per heavy atom. The molecule has 0 aliphatic carbocycles. The van der Waals surface area contributed by atoms with Crippen molar-refractivity contribution in [1.82, 2.24) is 0 Å². The molecule has 5 heteroatoms. The lowest BCUT2D eigenvalue weighted by molar-refractivity contribution is 0.414. The van der Waals surface area contributed by atoms with Crippen LogP contribution in [0.25, 0.3) is 0 Å². The van der Waals surface area contributed by atoms with Crippen LogP contribution in [0.4, 0.5) is 20.2 Å². The lowest BCUT2D eigenvalue weighted by atomic mass is 10.1. The van der Waals surface area contributed by atoms with Crippen LogP contribution in [0.5, 0.6) is 5.75 Å². The van der Waals surface area contributed by atoms with E-state index in [0.29, 0.717) is 5.75 Å². The fourth-order valence-electron chi connectivity index (χ4n) is 1.61. The molecule has 0 amide bonds. The Morgan fingerprint density at radius 3 is 2.58 bits per heavy atom. The first-order valence-corrected chi connectivity index (χ1v) is 5.45. The molecule has 0 radical (unpaired) electrons. The molecular formula is C14H10F2N2O. The summed E-state index contributed by atoms with van der Waals surface area (Å²) < 4.78 is 32.0. The van der Waals surface area contributed by atoms with Gasteiger partial charge in [0.15, 0.2) is 0 Å². The predicted molar refractivity (Wildman–Crippen MR) is 67.3 cm³/mol. The summed E-state index contributed by atoms with van der Waals surface area (Å²) in [6.45, 7) is 0. The van der Waals surface area contributed by atoms with Crippen LogP contribution in [0.15, 0.2) is 36.4 Å². The number of ether oxygens (including phenoxy) is 1. The number of methoxy groups -OCH3 is 1. The second-order valence-corrected chi connectivity index (χ2v) is 3.74. The summed E-state index contributed by atoms with van der Waals surface area (Å²) in [7, 11) is 1.46. The predicted octanol–water partition coefficient (Wildman–Crippen LogP) is 3.59. The van der Waals surface area contributed by atoms with Crippen LogP contribution in [-0.4, -0.2) is 7.11 Å². The van der Waals surface area contributed by atoms with Crippen LogP contribution in [0, 0.1) is 23.0 Å². The van der Waals surface area contributed by atoms with Crippen molar-refractivity contribution in [3.05, 3.63) is 53.6 Å². The highest BCUT2D eigenvalue weighted by molar-refractivity contribution is 5.68. The summed E-state index contributed by atoms with van der Waals surface area (Å²) in [4.78, 5) is 0. The van der Waals surface area contributed by atoms with E-state index in [1.54, 1.807) is 6.07 Å². The topological polar surface area (TPSA) is 45.0 Å². The van der Waals surface area contributed by atoms with Gasteiger partial charge in [-0.15, -0.1) is 0 Å². The number of rotatable bonds is 3. The fraction of sp³-hybridized carbons (Fsp3) is 0.0714. The van der Waals surface area contributed by atoms with Gasteiger partial charge < -0.3 is 10.1 Å². The number of hydrogen-bond donors (Lipinski definition) is 1. The van der Waals surface area contributed by atoms with E-state index in [9.17, 15) is 8.78 Å². The zero-order valence-corrected chi connectivity index (χ0v) is 10.1. The highest BCUT2D eigenvalue weighted by Gasteiger charge is 2.10. The van der Waals surface area contributed by atoms with Crippen molar-refractivity contribution in [3.8, 4) is 11.8 Å². The third-order valence-corrected chi connectivity index (χ3v) is 2.57. The van der Waals surface area contributed by atoms with E-state index < -0.39 is 11.6 Å². The van der Waals surface area contributed by atoms with Gasteiger partial charge in [-0.05, 0) is 24.3 Å². The Labute approximate surface area is 109 Å². The van der Waals surface area contributed by atoms with Gasteiger partial charge in [-0.25, -0.2) is 8.78 Å². The van der Waals surface area contributed by atoms with Gasteiger partial charge in [0, 0.05) is 6.07 Å². The van der Waals surface area contributed by atoms with Crippen molar-refractivity contribution >= 4 is 11.4 Å². The van der Waals surface area contributed by atoms with E-state index in [1.165, 1.54) is 43.5 Å². The molecule has 1 N–H and O–H groups in total. The first kappa shape index (κ1) is 12.8. The minimum atomic E-state index is -0.657. The largest absolute Gasteiger partial charge is 0.497 e. The van der Waals surface area contributed by atoms with E-state index in [-0.39, 0.29) is 16.9 Å². The first-order valence-electron chi connectivity index (χ1n) is 5.45. The zero-order valence-electron chi connectivity index (χ0n) is 10.1. The maximum absolute atomic E-state index is 13.6. The molecule has 0 fully saturated rings. The number of anilines is 2. The van der Waals surface area contributed by atoms with Gasteiger partial charge in [0.2, 0.25) is 0 Å². The second kappa shape index (κ2) is 5.36. The number of nitrogens with one attached hydrogen (secondary N) is 1. The molecule has 2 aromatic rings. The maximum Gasteiger partial charge on any atom is 0.146 e. The molecule has 0 aliphatic rings. The monoisotopic (exact) mass is 260 g/mol. The molecule has 0 atom stereocenters. The van der Waals surface area contributed by atoms with E-state index in [0.717, 1.165) is 0 Å². The normalized spacial score (nSPS) is 9.79. The van der Waals surface area contributed by atoms with Gasteiger partial charge in [0.05, 0.1) is 18.5 Å². The Balaban J connectivity index is 2.42. The summed E-state index contributed by atoms with van der Waals surface area (Å²) in [6.07, 6.45) is 0. The molecule has 0 saturated heterocycles. The van der Waals surface area contributed by atoms with Crippen molar-refractivity contribution in [1.29, 1.82) is 5.26 Å². The van der Waals surface area contributed by atoms with Crippen molar-refractivity contribution in [2.45, 2.75) is 0 Å². The van der Waals surface area contributed by atoms with Crippen molar-refractivity contribution in [2.24, 2.45) is 0 Å². The summed E-state index contributed by atoms with van der Waals surface area (Å²) in [5, 5.41) is 11.6. The molecule has 19 heavy (non-hydrogen) atoms. The summed E-state index contributed by atoms with van der Waals surface area (Å²) >= 11 is 0. The van der Waals surface area contributed by atoms with Crippen LogP contribution in [0.3, 0.4) is 0 Å². The van der Waals surface area contributed by atoms with Crippen LogP contribution in [0.2, 0.25) is 0 Å². The molecule has 0 unspecified atom stereocenters. The number of hydrogen-bond acceptors (Lipinski definition) is 3. The molecule has 2 aromatic carbocycles. The lowest BCUT2D eigenvalue weighted by Crippen LogP contribution is -1.98. The van der Waals surface area contributed by atoms with Crippen LogP contribution in [0.1, 0.15) is 5.56 Å². The molecule has 0 bridgehead atoms. The fourth-order valence-corrected chi connectivity index (χ4v) is 1.61. The van der Waals surface area contributed by atoms with Gasteiger partial charge >= 0.3 is 0 Å². The van der Waals surface area contributed by atoms with Crippen molar-refractivity contribution < 1.29 is 13.5 Å². The Morgan fingerprint density at radius 2 is 1.89 bits per heavy atom. The van der Waals surface area contributed by atoms with Crippen LogP contribution < -0.4 is 10.1 Å². The highest BCUT2D eigenvalue weighted by Crippen LogP contribution is 2.27. The van der Waals surface area contributed by atoms with E-state index in [2.05, 4.69) is 5.32 Å². The molecule has 0 saturated carbocycles. The average Bonchev–Trinajstić information content (AvgIpc) is 2.41. The molecule has 2 rings (SSSR count). The number of halogens is 2. The Kier molecular flexibility index (Phi) is 3.62. The zero-order chi connectivity index (χ0) is 13.8. The smallest absolute Gasteiger partial charge is 0.146 e. The Bertz CT molecular complexity index is 650. The molecule has 96 valence electrons. The summed E-state index contributed by atoms with van der Waals surface area (Å²) in [5.74, 6) is -0.719. The maximum atomic E-state index is 13.6. The van der Waals surface area contributed by atoms with Crippen LogP contribution in [-0.2, 0) is 0 Å². The quantitative estimate of drug-likeness (QED) is 0.917. The number of nitrogens with zero attached hydrogens (tertiary/aromatic N) is 1. The number of nitriles is 1. The van der Waals surface area contributed by atoms with Gasteiger partial charge in [-0.3, -0.25) is 0 Å². The third kappa shape index (κ3) is 2.63. The molecule has 3 nitrogen and oxygen atoms in total. The SMILES string of the molecule is COc1ccc(F)c(Nc2cccc(F)c2C#N)c1. The highest BCUT2D eigenvalue weighted by atomic mass is 19.1. The van der Waals surface area contributed by atoms with Gasteiger partial charge in [-0.1, -0.05) is 6.07 Å². The summed E-state index contributed by atoms with van der Waals surface area (Å²) in [5.41, 5.74) is 0.154. The molecule has 0 aliphatic heterocycles. The molecule has 0 aromatic heterocycles. The number of benzene rings is 2. The van der Waals surface area contributed by atoms with Gasteiger partial charge in [-0.2, -0.15) is 5.26 Å². The third-order valence-electron chi connectivity index (χ3n) is 2.57. The van der Waals surface area contributed by atoms with Crippen molar-refractivity contribution in [2.75, 3.05) is 12.4 Å². The van der Waals surface area contributed by atoms with Gasteiger partial charge in [0.25, 0.3) is 0 Å². The summed E-state index contributed by atoms with van der Waals surface area (Å²) in [6, 6.07) is 9.99. The Hall–Kier alpha value is -2.61.